The monoisotopic (exact) mass is 421 g/mol. The highest BCUT2D eigenvalue weighted by Crippen LogP contribution is 2.13. The van der Waals surface area contributed by atoms with Crippen molar-refractivity contribution in [3.8, 4) is 0 Å². The molecule has 2 rings (SSSR count). The van der Waals surface area contributed by atoms with Crippen LogP contribution in [0.5, 0.6) is 0 Å². The van der Waals surface area contributed by atoms with Gasteiger partial charge in [0.2, 0.25) is 5.91 Å². The molecule has 0 unspecified atom stereocenters. The van der Waals surface area contributed by atoms with Crippen LogP contribution in [-0.4, -0.2) is 36.3 Å². The van der Waals surface area contributed by atoms with Crippen molar-refractivity contribution in [1.29, 1.82) is 0 Å². The molecule has 158 valence electrons. The predicted octanol–water partition coefficient (Wildman–Crippen LogP) is 2.29. The highest BCUT2D eigenvalue weighted by atomic mass is 35.5. The zero-order chi connectivity index (χ0) is 20.2. The number of amides is 2. The largest absolute Gasteiger partial charge is 0.445 e. The van der Waals surface area contributed by atoms with Crippen LogP contribution in [0.25, 0.3) is 0 Å². The van der Waals surface area contributed by atoms with Gasteiger partial charge in [0.05, 0.1) is 18.7 Å². The van der Waals surface area contributed by atoms with Crippen molar-refractivity contribution in [3.63, 3.8) is 0 Å². The second-order valence-electron chi connectivity index (χ2n) is 6.40. The van der Waals surface area contributed by atoms with E-state index in [1.165, 1.54) is 0 Å². The summed E-state index contributed by atoms with van der Waals surface area (Å²) in [5.41, 5.74) is 7.26. The average molecular weight is 422 g/mol. The fraction of sp³-hybridized carbons (Fsp3) is 0.333. The third-order valence-corrected chi connectivity index (χ3v) is 4.28. The second-order valence-corrected chi connectivity index (χ2v) is 6.40. The molecule has 2 atom stereocenters. The SMILES string of the molecule is Cl.NC(=O)[C@@H](CCCNC(=O)OCc1ccccc1)N[C@@H](CO)c1ccccc1. The lowest BCUT2D eigenvalue weighted by Crippen LogP contribution is -2.44. The van der Waals surface area contributed by atoms with Gasteiger partial charge in [-0.1, -0.05) is 60.7 Å². The lowest BCUT2D eigenvalue weighted by atomic mass is 10.0. The van der Waals surface area contributed by atoms with Gasteiger partial charge in [-0.05, 0) is 24.0 Å². The summed E-state index contributed by atoms with van der Waals surface area (Å²) in [6, 6.07) is 17.8. The van der Waals surface area contributed by atoms with Crippen LogP contribution in [0, 0.1) is 0 Å². The number of alkyl carbamates (subject to hydrolysis) is 1. The molecule has 2 amide bonds. The van der Waals surface area contributed by atoms with Gasteiger partial charge in [-0.3, -0.25) is 10.1 Å². The number of halogens is 1. The van der Waals surface area contributed by atoms with E-state index in [9.17, 15) is 14.7 Å². The van der Waals surface area contributed by atoms with Gasteiger partial charge in [0.25, 0.3) is 0 Å². The van der Waals surface area contributed by atoms with E-state index >= 15 is 0 Å². The number of carbonyl (C=O) groups excluding carboxylic acids is 2. The Bertz CT molecular complexity index is 731. The van der Waals surface area contributed by atoms with E-state index in [2.05, 4.69) is 10.6 Å². The summed E-state index contributed by atoms with van der Waals surface area (Å²) < 4.78 is 5.13. The van der Waals surface area contributed by atoms with E-state index < -0.39 is 18.0 Å². The molecule has 0 fully saturated rings. The molecule has 7 nitrogen and oxygen atoms in total. The first-order valence-electron chi connectivity index (χ1n) is 9.26. The maximum absolute atomic E-state index is 11.7. The molecule has 8 heteroatoms. The molecule has 0 heterocycles. The third-order valence-electron chi connectivity index (χ3n) is 4.28. The van der Waals surface area contributed by atoms with Gasteiger partial charge >= 0.3 is 6.09 Å². The zero-order valence-electron chi connectivity index (χ0n) is 16.1. The van der Waals surface area contributed by atoms with Gasteiger partial charge < -0.3 is 20.9 Å². The van der Waals surface area contributed by atoms with Crippen LogP contribution in [0.3, 0.4) is 0 Å². The Balaban J connectivity index is 0.00000420. The standard InChI is InChI=1S/C21H27N3O4.ClH/c22-20(26)18(24-19(14-25)17-10-5-2-6-11-17)12-7-13-23-21(27)28-15-16-8-3-1-4-9-16;/h1-6,8-11,18-19,24-25H,7,12-15H2,(H2,22,26)(H,23,27);1H/t18-,19+;/m1./s1. The minimum atomic E-state index is -0.612. The van der Waals surface area contributed by atoms with E-state index in [4.69, 9.17) is 10.5 Å². The van der Waals surface area contributed by atoms with Crippen molar-refractivity contribution in [1.82, 2.24) is 10.6 Å². The molecule has 0 radical (unpaired) electrons. The van der Waals surface area contributed by atoms with E-state index in [1.807, 2.05) is 60.7 Å². The van der Waals surface area contributed by atoms with Crippen LogP contribution in [0.15, 0.2) is 60.7 Å². The van der Waals surface area contributed by atoms with Crippen LogP contribution in [0.4, 0.5) is 4.79 Å². The quantitative estimate of drug-likeness (QED) is 0.416. The van der Waals surface area contributed by atoms with Crippen LogP contribution in [0.1, 0.15) is 30.0 Å². The summed E-state index contributed by atoms with van der Waals surface area (Å²) in [7, 11) is 0. The minimum absolute atomic E-state index is 0. The summed E-state index contributed by atoms with van der Waals surface area (Å²) in [6.45, 7) is 0.402. The van der Waals surface area contributed by atoms with E-state index in [1.54, 1.807) is 0 Å². The molecule has 0 aliphatic rings. The summed E-state index contributed by atoms with van der Waals surface area (Å²) >= 11 is 0. The Labute approximate surface area is 177 Å². The highest BCUT2D eigenvalue weighted by molar-refractivity contribution is 5.85. The Morgan fingerprint density at radius 3 is 2.24 bits per heavy atom. The smallest absolute Gasteiger partial charge is 0.407 e. The van der Waals surface area contributed by atoms with Crippen LogP contribution in [-0.2, 0) is 16.1 Å². The summed E-state index contributed by atoms with van der Waals surface area (Å²) in [4.78, 5) is 23.5. The van der Waals surface area contributed by atoms with Gasteiger partial charge in [0.1, 0.15) is 6.61 Å². The van der Waals surface area contributed by atoms with Crippen molar-refractivity contribution in [2.24, 2.45) is 5.73 Å². The number of primary amides is 1. The highest BCUT2D eigenvalue weighted by Gasteiger charge is 2.20. The molecule has 0 aliphatic heterocycles. The number of aliphatic hydroxyl groups is 1. The first-order chi connectivity index (χ1) is 13.6. The number of carbonyl (C=O) groups is 2. The molecule has 2 aromatic rings. The molecule has 0 saturated heterocycles. The summed E-state index contributed by atoms with van der Waals surface area (Å²) in [5, 5.41) is 15.4. The normalized spacial score (nSPS) is 12.3. The number of hydrogen-bond acceptors (Lipinski definition) is 5. The molecule has 29 heavy (non-hydrogen) atoms. The molecule has 2 aromatic carbocycles. The number of benzene rings is 2. The minimum Gasteiger partial charge on any atom is -0.445 e. The molecule has 5 N–H and O–H groups in total. The lowest BCUT2D eigenvalue weighted by Gasteiger charge is -2.23. The number of ether oxygens (including phenoxy) is 1. The van der Waals surface area contributed by atoms with Gasteiger partial charge in [-0.25, -0.2) is 4.79 Å². The topological polar surface area (TPSA) is 114 Å². The van der Waals surface area contributed by atoms with E-state index in [0.717, 1.165) is 11.1 Å². The third kappa shape index (κ3) is 8.95. The number of rotatable bonds is 11. The first-order valence-corrected chi connectivity index (χ1v) is 9.26. The molecular weight excluding hydrogens is 394 g/mol. The van der Waals surface area contributed by atoms with Crippen LogP contribution < -0.4 is 16.4 Å². The first kappa shape index (κ1) is 24.4. The van der Waals surface area contributed by atoms with Crippen molar-refractivity contribution >= 4 is 24.4 Å². The maximum atomic E-state index is 11.7. The summed E-state index contributed by atoms with van der Waals surface area (Å²) in [6.07, 6.45) is 0.455. The van der Waals surface area contributed by atoms with Crippen molar-refractivity contribution in [3.05, 3.63) is 71.8 Å². The second kappa shape index (κ2) is 13.5. The molecule has 0 saturated carbocycles. The van der Waals surface area contributed by atoms with Crippen molar-refractivity contribution in [2.45, 2.75) is 31.5 Å². The van der Waals surface area contributed by atoms with E-state index in [0.29, 0.717) is 19.4 Å². The Kier molecular flexibility index (Phi) is 11.4. The number of aliphatic hydroxyl groups excluding tert-OH is 1. The lowest BCUT2D eigenvalue weighted by molar-refractivity contribution is -0.120. The molecule has 0 aromatic heterocycles. The molecular formula is C21H28ClN3O4. The Morgan fingerprint density at radius 2 is 1.66 bits per heavy atom. The van der Waals surface area contributed by atoms with Gasteiger partial charge in [-0.15, -0.1) is 12.4 Å². The van der Waals surface area contributed by atoms with Gasteiger partial charge in [-0.2, -0.15) is 0 Å². The maximum Gasteiger partial charge on any atom is 0.407 e. The van der Waals surface area contributed by atoms with Gasteiger partial charge in [0.15, 0.2) is 0 Å². The van der Waals surface area contributed by atoms with Crippen LogP contribution >= 0.6 is 12.4 Å². The van der Waals surface area contributed by atoms with Crippen molar-refractivity contribution in [2.75, 3.05) is 13.2 Å². The molecule has 0 bridgehead atoms. The fourth-order valence-electron chi connectivity index (χ4n) is 2.76. The zero-order valence-corrected chi connectivity index (χ0v) is 16.9. The van der Waals surface area contributed by atoms with E-state index in [-0.39, 0.29) is 31.7 Å². The average Bonchev–Trinajstić information content (AvgIpc) is 2.73. The Morgan fingerprint density at radius 1 is 1.03 bits per heavy atom. The molecule has 0 spiro atoms. The van der Waals surface area contributed by atoms with Gasteiger partial charge in [0, 0.05) is 6.54 Å². The number of hydrogen-bond donors (Lipinski definition) is 4. The van der Waals surface area contributed by atoms with Crippen LogP contribution in [0.2, 0.25) is 0 Å². The fourth-order valence-corrected chi connectivity index (χ4v) is 2.76. The number of nitrogens with one attached hydrogen (secondary N) is 2. The molecule has 0 aliphatic carbocycles. The predicted molar refractivity (Wildman–Crippen MR) is 113 cm³/mol. The summed E-state index contributed by atoms with van der Waals surface area (Å²) in [5.74, 6) is -0.499. The number of nitrogens with two attached hydrogens (primary N) is 1. The Hall–Kier alpha value is -2.61. The van der Waals surface area contributed by atoms with Crippen molar-refractivity contribution < 1.29 is 19.4 Å².